The van der Waals surface area contributed by atoms with E-state index >= 15 is 0 Å². The van der Waals surface area contributed by atoms with Gasteiger partial charge in [-0.15, -0.1) is 0 Å². The summed E-state index contributed by atoms with van der Waals surface area (Å²) < 4.78 is 11.5. The van der Waals surface area contributed by atoms with E-state index in [1.54, 1.807) is 52.0 Å². The van der Waals surface area contributed by atoms with Crippen molar-refractivity contribution in [2.75, 3.05) is 11.5 Å². The molecular weight excluding hydrogens is 504 g/mol. The maximum Gasteiger partial charge on any atom is 0.227 e. The van der Waals surface area contributed by atoms with Crippen molar-refractivity contribution >= 4 is 33.6 Å². The highest BCUT2D eigenvalue weighted by molar-refractivity contribution is 5.82. The van der Waals surface area contributed by atoms with Crippen molar-refractivity contribution in [3.63, 3.8) is 0 Å². The average molecular weight is 537 g/mol. The van der Waals surface area contributed by atoms with Crippen molar-refractivity contribution in [2.45, 2.75) is 38.9 Å². The highest BCUT2D eigenvalue weighted by Crippen LogP contribution is 2.34. The number of nitrogens with zero attached hydrogens (tertiary/aromatic N) is 2. The van der Waals surface area contributed by atoms with E-state index in [4.69, 9.17) is 20.3 Å². The Labute approximate surface area is 231 Å². The molecule has 0 atom stereocenters. The van der Waals surface area contributed by atoms with Gasteiger partial charge in [-0.1, -0.05) is 36.4 Å². The first-order valence-corrected chi connectivity index (χ1v) is 12.9. The molecule has 0 radical (unpaired) electrons. The standard InChI is InChI=1S/2C16H16N2O2/c2*1-16(2,19)11-8-14-13(9-12(11)17)18-15(20-14)10-6-4-3-5-7-10/h2*3-9,19H,17H2,1-2H3. The minimum atomic E-state index is -1.02. The van der Waals surface area contributed by atoms with Crippen LogP contribution >= 0.6 is 0 Å². The minimum absolute atomic E-state index is 0.512. The predicted octanol–water partition coefficient (Wildman–Crippen LogP) is 6.61. The van der Waals surface area contributed by atoms with E-state index in [9.17, 15) is 10.2 Å². The lowest BCUT2D eigenvalue weighted by Crippen LogP contribution is -2.17. The van der Waals surface area contributed by atoms with Crippen LogP contribution in [0.1, 0.15) is 38.8 Å². The first kappa shape index (κ1) is 26.9. The Balaban J connectivity index is 0.000000161. The van der Waals surface area contributed by atoms with E-state index in [2.05, 4.69) is 9.97 Å². The van der Waals surface area contributed by atoms with Gasteiger partial charge in [0.2, 0.25) is 11.8 Å². The third kappa shape index (κ3) is 5.54. The Morgan fingerprint density at radius 1 is 0.575 bits per heavy atom. The zero-order valence-electron chi connectivity index (χ0n) is 22.8. The molecule has 2 heterocycles. The van der Waals surface area contributed by atoms with Gasteiger partial charge in [0.25, 0.3) is 0 Å². The topological polar surface area (TPSA) is 145 Å². The summed E-state index contributed by atoms with van der Waals surface area (Å²) in [6.45, 7) is 6.77. The first-order chi connectivity index (χ1) is 18.9. The van der Waals surface area contributed by atoms with Gasteiger partial charge in [0.15, 0.2) is 11.2 Å². The molecule has 8 heteroatoms. The molecule has 0 unspecified atom stereocenters. The number of rotatable bonds is 4. The van der Waals surface area contributed by atoms with Crippen LogP contribution in [-0.2, 0) is 11.2 Å². The van der Waals surface area contributed by atoms with E-state index in [-0.39, 0.29) is 0 Å². The minimum Gasteiger partial charge on any atom is -0.436 e. The van der Waals surface area contributed by atoms with Crippen LogP contribution in [-0.4, -0.2) is 20.2 Å². The van der Waals surface area contributed by atoms with Gasteiger partial charge in [-0.05, 0) is 76.2 Å². The van der Waals surface area contributed by atoms with Crippen molar-refractivity contribution in [1.82, 2.24) is 9.97 Å². The van der Waals surface area contributed by atoms with Crippen molar-refractivity contribution in [2.24, 2.45) is 0 Å². The number of hydrogen-bond donors (Lipinski definition) is 4. The number of hydrogen-bond acceptors (Lipinski definition) is 8. The van der Waals surface area contributed by atoms with E-state index in [1.165, 1.54) is 0 Å². The maximum absolute atomic E-state index is 10.1. The summed E-state index contributed by atoms with van der Waals surface area (Å²) in [7, 11) is 0. The predicted molar refractivity (Wildman–Crippen MR) is 158 cm³/mol. The van der Waals surface area contributed by atoms with Gasteiger partial charge < -0.3 is 30.5 Å². The summed E-state index contributed by atoms with van der Waals surface area (Å²) in [6.07, 6.45) is 0. The molecule has 6 N–H and O–H groups in total. The van der Waals surface area contributed by atoms with Crippen LogP contribution in [0, 0.1) is 0 Å². The van der Waals surface area contributed by atoms with Crippen LogP contribution in [0.25, 0.3) is 45.1 Å². The van der Waals surface area contributed by atoms with Crippen molar-refractivity contribution in [3.8, 4) is 22.9 Å². The Morgan fingerprint density at radius 2 is 0.925 bits per heavy atom. The zero-order valence-corrected chi connectivity index (χ0v) is 22.8. The highest BCUT2D eigenvalue weighted by atomic mass is 16.4. The fourth-order valence-electron chi connectivity index (χ4n) is 4.45. The number of aliphatic hydroxyl groups is 2. The monoisotopic (exact) mass is 536 g/mol. The van der Waals surface area contributed by atoms with E-state index in [0.717, 1.165) is 11.1 Å². The number of nitrogen functional groups attached to an aromatic ring is 2. The Bertz CT molecular complexity index is 1640. The number of aromatic nitrogens is 2. The van der Waals surface area contributed by atoms with Crippen LogP contribution < -0.4 is 11.5 Å². The molecule has 0 aliphatic heterocycles. The highest BCUT2D eigenvalue weighted by Gasteiger charge is 2.22. The van der Waals surface area contributed by atoms with Crippen molar-refractivity contribution in [1.29, 1.82) is 0 Å². The quantitative estimate of drug-likeness (QED) is 0.184. The van der Waals surface area contributed by atoms with Gasteiger partial charge in [0, 0.05) is 33.6 Å². The second kappa shape index (κ2) is 10.1. The van der Waals surface area contributed by atoms with Crippen LogP contribution in [0.4, 0.5) is 11.4 Å². The fraction of sp³-hybridized carbons (Fsp3) is 0.188. The summed E-state index contributed by atoms with van der Waals surface area (Å²) in [5, 5.41) is 20.2. The molecule has 0 bridgehead atoms. The molecule has 0 aliphatic rings. The van der Waals surface area contributed by atoms with Crippen LogP contribution in [0.15, 0.2) is 93.8 Å². The molecule has 40 heavy (non-hydrogen) atoms. The molecule has 0 saturated carbocycles. The lowest BCUT2D eigenvalue weighted by atomic mass is 9.96. The van der Waals surface area contributed by atoms with Gasteiger partial charge in [-0.2, -0.15) is 0 Å². The molecule has 6 rings (SSSR count). The summed E-state index contributed by atoms with van der Waals surface area (Å²) in [6, 6.07) is 26.3. The zero-order chi connectivity index (χ0) is 28.7. The SMILES string of the molecule is CC(C)(O)c1cc2oc(-c3ccccc3)nc2cc1N.CC(C)(O)c1cc2oc(-c3ccccc3)nc2cc1N. The Kier molecular flexibility index (Phi) is 6.83. The average Bonchev–Trinajstić information content (AvgIpc) is 3.51. The van der Waals surface area contributed by atoms with E-state index in [1.807, 2.05) is 60.7 Å². The maximum atomic E-state index is 10.1. The largest absolute Gasteiger partial charge is 0.436 e. The number of oxazole rings is 2. The first-order valence-electron chi connectivity index (χ1n) is 12.9. The normalized spacial score (nSPS) is 11.9. The summed E-state index contributed by atoms with van der Waals surface area (Å²) in [5.74, 6) is 1.10. The van der Waals surface area contributed by atoms with Crippen LogP contribution in [0.3, 0.4) is 0 Å². The summed E-state index contributed by atoms with van der Waals surface area (Å²) in [5.41, 5.74) is 16.7. The third-order valence-corrected chi connectivity index (χ3v) is 6.48. The summed E-state index contributed by atoms with van der Waals surface area (Å²) >= 11 is 0. The molecule has 0 spiro atoms. The fourth-order valence-corrected chi connectivity index (χ4v) is 4.45. The molecule has 0 amide bonds. The van der Waals surface area contributed by atoms with Crippen molar-refractivity contribution in [3.05, 3.63) is 96.1 Å². The second-order valence-corrected chi connectivity index (χ2v) is 10.7. The Hall–Kier alpha value is -4.66. The van der Waals surface area contributed by atoms with Gasteiger partial charge >= 0.3 is 0 Å². The van der Waals surface area contributed by atoms with Gasteiger partial charge in [0.1, 0.15) is 11.0 Å². The van der Waals surface area contributed by atoms with Crippen molar-refractivity contribution < 1.29 is 19.0 Å². The van der Waals surface area contributed by atoms with Crippen LogP contribution in [0.2, 0.25) is 0 Å². The molecule has 204 valence electrons. The van der Waals surface area contributed by atoms with E-state index in [0.29, 0.717) is 56.5 Å². The Morgan fingerprint density at radius 3 is 1.25 bits per heavy atom. The number of fused-ring (bicyclic) bond motifs is 2. The number of benzene rings is 4. The molecule has 0 saturated heterocycles. The summed E-state index contributed by atoms with van der Waals surface area (Å²) in [4.78, 5) is 8.88. The lowest BCUT2D eigenvalue weighted by Gasteiger charge is -2.19. The number of nitrogens with two attached hydrogens (primary N) is 2. The molecule has 0 fully saturated rings. The number of anilines is 2. The van der Waals surface area contributed by atoms with E-state index < -0.39 is 11.2 Å². The second-order valence-electron chi connectivity index (χ2n) is 10.7. The van der Waals surface area contributed by atoms with Gasteiger partial charge in [0.05, 0.1) is 11.2 Å². The molecule has 8 nitrogen and oxygen atoms in total. The lowest BCUT2D eigenvalue weighted by molar-refractivity contribution is 0.0789. The third-order valence-electron chi connectivity index (χ3n) is 6.48. The molecule has 4 aromatic carbocycles. The van der Waals surface area contributed by atoms with Gasteiger partial charge in [-0.25, -0.2) is 9.97 Å². The molecule has 0 aliphatic carbocycles. The molecular formula is C32H32N4O4. The smallest absolute Gasteiger partial charge is 0.227 e. The van der Waals surface area contributed by atoms with Crippen LogP contribution in [0.5, 0.6) is 0 Å². The molecule has 6 aromatic rings. The van der Waals surface area contributed by atoms with Gasteiger partial charge in [-0.3, -0.25) is 0 Å². The molecule has 2 aromatic heterocycles.